The van der Waals surface area contributed by atoms with Crippen LogP contribution in [0, 0.1) is 23.2 Å². The van der Waals surface area contributed by atoms with Crippen LogP contribution in [0.4, 0.5) is 0 Å². The molecule has 0 bridgehead atoms. The highest BCUT2D eigenvalue weighted by atomic mass is 16.5. The Hall–Kier alpha value is -3.25. The van der Waals surface area contributed by atoms with Gasteiger partial charge in [-0.25, -0.2) is 5.48 Å². The lowest BCUT2D eigenvalue weighted by Crippen LogP contribution is -2.23. The number of methoxy groups -OCH3 is 1. The normalized spacial score (nSPS) is 14.3. The molecule has 2 aromatic carbocycles. The molecular weight excluding hydrogens is 488 g/mol. The SMILES string of the molecule is CC[C@H](C)[C@H](CCC(C)(C)C)C[C@H](COc1ccc(/C=C/C(=O)NO)cc1OC)Cc1c[nH]c2ccccc12. The average Bonchev–Trinajstić information content (AvgIpc) is 3.34. The van der Waals surface area contributed by atoms with Crippen molar-refractivity contribution in [3.8, 4) is 11.5 Å². The van der Waals surface area contributed by atoms with Crippen molar-refractivity contribution in [3.05, 3.63) is 65.9 Å². The van der Waals surface area contributed by atoms with Gasteiger partial charge in [0.1, 0.15) is 0 Å². The van der Waals surface area contributed by atoms with Crippen LogP contribution in [0.3, 0.4) is 0 Å². The number of nitrogens with one attached hydrogen (secondary N) is 2. The van der Waals surface area contributed by atoms with E-state index in [1.807, 2.05) is 18.2 Å². The molecule has 0 radical (unpaired) electrons. The van der Waals surface area contributed by atoms with Crippen molar-refractivity contribution in [2.24, 2.45) is 23.2 Å². The third-order valence-corrected chi connectivity index (χ3v) is 7.73. The standard InChI is InChI=1S/C33H46N2O4/c1-7-23(2)26(16-17-33(3,4)5)18-25(19-27-21-34-29-11-9-8-10-28(27)29)22-39-30-14-12-24(20-31(30)38-6)13-15-32(36)35-37/h8-15,20-21,23,25-26,34,37H,7,16-19,22H2,1-6H3,(H,35,36)/b15-13+/t23-,25-,26+/m0/s1. The molecule has 0 aliphatic heterocycles. The van der Waals surface area contributed by atoms with Crippen LogP contribution in [0.15, 0.2) is 54.7 Å². The summed E-state index contributed by atoms with van der Waals surface area (Å²) in [7, 11) is 1.62. The largest absolute Gasteiger partial charge is 0.493 e. The third kappa shape index (κ3) is 9.17. The highest BCUT2D eigenvalue weighted by Crippen LogP contribution is 2.35. The van der Waals surface area contributed by atoms with Crippen LogP contribution in [0.1, 0.15) is 71.4 Å². The molecule has 1 aromatic heterocycles. The van der Waals surface area contributed by atoms with Crippen LogP contribution >= 0.6 is 0 Å². The van der Waals surface area contributed by atoms with Gasteiger partial charge in [-0.1, -0.05) is 65.3 Å². The Balaban J connectivity index is 1.83. The number of benzene rings is 2. The van der Waals surface area contributed by atoms with Gasteiger partial charge >= 0.3 is 0 Å². The van der Waals surface area contributed by atoms with Crippen molar-refractivity contribution in [3.63, 3.8) is 0 Å². The van der Waals surface area contributed by atoms with E-state index >= 15 is 0 Å². The molecule has 0 unspecified atom stereocenters. The first-order valence-corrected chi connectivity index (χ1v) is 14.1. The molecule has 6 heteroatoms. The average molecular weight is 535 g/mol. The zero-order valence-electron chi connectivity index (χ0n) is 24.4. The molecule has 3 atom stereocenters. The van der Waals surface area contributed by atoms with Crippen LogP contribution in [-0.4, -0.2) is 29.8 Å². The van der Waals surface area contributed by atoms with Crippen molar-refractivity contribution in [1.29, 1.82) is 0 Å². The molecule has 3 rings (SSSR count). The molecule has 6 nitrogen and oxygen atoms in total. The van der Waals surface area contributed by atoms with Crippen molar-refractivity contribution in [2.75, 3.05) is 13.7 Å². The number of aromatic amines is 1. The molecule has 1 amide bonds. The number of carbonyl (C=O) groups is 1. The maximum atomic E-state index is 11.3. The molecule has 0 saturated heterocycles. The maximum Gasteiger partial charge on any atom is 0.267 e. The summed E-state index contributed by atoms with van der Waals surface area (Å²) in [5.41, 5.74) is 5.18. The van der Waals surface area contributed by atoms with Crippen molar-refractivity contribution in [2.45, 2.75) is 66.7 Å². The van der Waals surface area contributed by atoms with Gasteiger partial charge in [0.25, 0.3) is 5.91 Å². The van der Waals surface area contributed by atoms with Crippen molar-refractivity contribution < 1.29 is 19.5 Å². The first kappa shape index (κ1) is 30.3. The Kier molecular flexibility index (Phi) is 11.0. The van der Waals surface area contributed by atoms with E-state index in [2.05, 4.69) is 70.1 Å². The van der Waals surface area contributed by atoms with Crippen molar-refractivity contribution >= 4 is 22.9 Å². The molecule has 39 heavy (non-hydrogen) atoms. The summed E-state index contributed by atoms with van der Waals surface area (Å²) in [5, 5.41) is 9.99. The fourth-order valence-corrected chi connectivity index (χ4v) is 5.16. The van der Waals surface area contributed by atoms with E-state index in [1.165, 1.54) is 41.8 Å². The molecular formula is C33H46N2O4. The summed E-state index contributed by atoms with van der Waals surface area (Å²) >= 11 is 0. The maximum absolute atomic E-state index is 11.3. The third-order valence-electron chi connectivity index (χ3n) is 7.73. The summed E-state index contributed by atoms with van der Waals surface area (Å²) in [6, 6.07) is 14.1. The minimum absolute atomic E-state index is 0.315. The van der Waals surface area contributed by atoms with E-state index in [1.54, 1.807) is 18.7 Å². The summed E-state index contributed by atoms with van der Waals surface area (Å²) in [4.78, 5) is 14.8. The fraction of sp³-hybridized carbons (Fsp3) is 0.485. The van der Waals surface area contributed by atoms with Gasteiger partial charge in [0.15, 0.2) is 11.5 Å². The summed E-state index contributed by atoms with van der Waals surface area (Å²) in [6.45, 7) is 12.3. The summed E-state index contributed by atoms with van der Waals surface area (Å²) in [6.07, 6.45) is 10.7. The van der Waals surface area contributed by atoms with Gasteiger partial charge in [-0.15, -0.1) is 0 Å². The number of amides is 1. The molecule has 1 heterocycles. The Morgan fingerprint density at radius 3 is 2.62 bits per heavy atom. The number of para-hydroxylation sites is 1. The Labute approximate surface area is 233 Å². The molecule has 0 aliphatic rings. The van der Waals surface area contributed by atoms with Crippen LogP contribution in [-0.2, 0) is 11.2 Å². The zero-order valence-corrected chi connectivity index (χ0v) is 24.4. The van der Waals surface area contributed by atoms with Gasteiger partial charge in [0.2, 0.25) is 0 Å². The fourth-order valence-electron chi connectivity index (χ4n) is 5.16. The number of fused-ring (bicyclic) bond motifs is 1. The van der Waals surface area contributed by atoms with E-state index < -0.39 is 5.91 Å². The number of aromatic nitrogens is 1. The predicted octanol–water partition coefficient (Wildman–Crippen LogP) is 7.81. The molecule has 0 spiro atoms. The van der Waals surface area contributed by atoms with Crippen molar-refractivity contribution in [1.82, 2.24) is 10.5 Å². The molecule has 0 saturated carbocycles. The van der Waals surface area contributed by atoms with E-state index in [0.29, 0.717) is 41.3 Å². The summed E-state index contributed by atoms with van der Waals surface area (Å²) < 4.78 is 12.0. The van der Waals surface area contributed by atoms with E-state index in [9.17, 15) is 4.79 Å². The number of carbonyl (C=O) groups excluding carboxylic acids is 1. The van der Waals surface area contributed by atoms with Gasteiger partial charge in [0, 0.05) is 23.2 Å². The molecule has 212 valence electrons. The number of rotatable bonds is 14. The Morgan fingerprint density at radius 1 is 1.15 bits per heavy atom. The predicted molar refractivity (Wildman–Crippen MR) is 159 cm³/mol. The van der Waals surface area contributed by atoms with Gasteiger partial charge < -0.3 is 14.5 Å². The van der Waals surface area contributed by atoms with Crippen LogP contribution in [0.5, 0.6) is 11.5 Å². The van der Waals surface area contributed by atoms with Crippen LogP contribution in [0.25, 0.3) is 17.0 Å². The van der Waals surface area contributed by atoms with E-state index in [4.69, 9.17) is 14.7 Å². The highest BCUT2D eigenvalue weighted by molar-refractivity contribution is 5.90. The minimum atomic E-state index is -0.586. The smallest absolute Gasteiger partial charge is 0.267 e. The number of ether oxygens (including phenoxy) is 2. The Morgan fingerprint density at radius 2 is 1.92 bits per heavy atom. The first-order valence-electron chi connectivity index (χ1n) is 14.1. The second-order valence-corrected chi connectivity index (χ2v) is 11.9. The molecule has 3 aromatic rings. The van der Waals surface area contributed by atoms with Crippen LogP contribution in [0.2, 0.25) is 0 Å². The quantitative estimate of drug-likeness (QED) is 0.112. The number of hydrogen-bond acceptors (Lipinski definition) is 4. The number of hydroxylamine groups is 1. The van der Waals surface area contributed by atoms with E-state index in [-0.39, 0.29) is 0 Å². The molecule has 0 fully saturated rings. The van der Waals surface area contributed by atoms with E-state index in [0.717, 1.165) is 18.4 Å². The Bertz CT molecular complexity index is 1220. The minimum Gasteiger partial charge on any atom is -0.493 e. The van der Waals surface area contributed by atoms with Gasteiger partial charge in [-0.05, 0) is 84.3 Å². The monoisotopic (exact) mass is 534 g/mol. The topological polar surface area (TPSA) is 83.6 Å². The number of hydrogen-bond donors (Lipinski definition) is 3. The van der Waals surface area contributed by atoms with Crippen LogP contribution < -0.4 is 15.0 Å². The van der Waals surface area contributed by atoms with Gasteiger partial charge in [-0.2, -0.15) is 0 Å². The zero-order chi connectivity index (χ0) is 28.4. The summed E-state index contributed by atoms with van der Waals surface area (Å²) in [5.74, 6) is 2.31. The van der Waals surface area contributed by atoms with Gasteiger partial charge in [0.05, 0.1) is 13.7 Å². The molecule has 3 N–H and O–H groups in total. The van der Waals surface area contributed by atoms with Gasteiger partial charge in [-0.3, -0.25) is 10.0 Å². The lowest BCUT2D eigenvalue weighted by Gasteiger charge is -2.30. The first-order chi connectivity index (χ1) is 18.6. The lowest BCUT2D eigenvalue weighted by molar-refractivity contribution is -0.124. The lowest BCUT2D eigenvalue weighted by atomic mass is 9.76. The molecule has 0 aliphatic carbocycles. The second kappa shape index (κ2) is 14.2. The highest BCUT2D eigenvalue weighted by Gasteiger charge is 2.25. The number of H-pyrrole nitrogens is 1. The second-order valence-electron chi connectivity index (χ2n) is 11.9.